The summed E-state index contributed by atoms with van der Waals surface area (Å²) < 4.78 is 34.7. The molecule has 2 aromatic heterocycles. The van der Waals surface area contributed by atoms with Gasteiger partial charge >= 0.3 is 13.7 Å². The van der Waals surface area contributed by atoms with Gasteiger partial charge in [0.25, 0.3) is 5.79 Å². The molecule has 0 spiro atoms. The highest BCUT2D eigenvalue weighted by Gasteiger charge is 2.85. The Balaban J connectivity index is 1.78. The van der Waals surface area contributed by atoms with E-state index in [1.54, 1.807) is 0 Å². The van der Waals surface area contributed by atoms with Gasteiger partial charge in [-0.05, 0) is 0 Å². The topological polar surface area (TPSA) is 164 Å². The quantitative estimate of drug-likeness (QED) is 0.552. The monoisotopic (exact) mass is 343 g/mol. The van der Waals surface area contributed by atoms with Crippen molar-refractivity contribution in [3.63, 3.8) is 0 Å². The number of phosphoric ester groups is 1. The molecule has 0 radical (unpaired) electrons. The zero-order valence-electron chi connectivity index (χ0n) is 11.3. The zero-order chi connectivity index (χ0) is 16.0. The molecule has 2 unspecified atom stereocenters. The average Bonchev–Trinajstić information content (AvgIpc) is 3.12. The number of phosphoric acid groups is 1. The summed E-state index contributed by atoms with van der Waals surface area (Å²) in [6.45, 7) is -0.509. The van der Waals surface area contributed by atoms with Crippen LogP contribution in [0.5, 0.6) is 0 Å². The second-order valence-electron chi connectivity index (χ2n) is 5.32. The molecule has 122 valence electrons. The van der Waals surface area contributed by atoms with Gasteiger partial charge in [0, 0.05) is 0 Å². The van der Waals surface area contributed by atoms with E-state index < -0.39 is 38.3 Å². The number of nitrogens with zero attached hydrogens (tertiary/aromatic N) is 4. The third-order valence-corrected chi connectivity index (χ3v) is 5.53. The Hall–Kier alpha value is -1.66. The van der Waals surface area contributed by atoms with Crippen LogP contribution in [0.3, 0.4) is 0 Å². The van der Waals surface area contributed by atoms with Crippen LogP contribution in [0.4, 0.5) is 5.82 Å². The SMILES string of the molecule is Nc1ncnc2c1ncn2[C@]12O[C@@H](CO)C3OP(=O)(O1)O[C@]32O. The summed E-state index contributed by atoms with van der Waals surface area (Å²) in [5, 5.41) is 20.3. The molecule has 2 aromatic rings. The van der Waals surface area contributed by atoms with Crippen LogP contribution >= 0.6 is 7.82 Å². The van der Waals surface area contributed by atoms with Crippen molar-refractivity contribution in [1.82, 2.24) is 19.5 Å². The van der Waals surface area contributed by atoms with Crippen molar-refractivity contribution in [1.29, 1.82) is 0 Å². The summed E-state index contributed by atoms with van der Waals surface area (Å²) in [6, 6.07) is 0. The van der Waals surface area contributed by atoms with Gasteiger partial charge < -0.3 is 20.7 Å². The van der Waals surface area contributed by atoms with Gasteiger partial charge in [0.2, 0.25) is 0 Å². The predicted molar refractivity (Wildman–Crippen MR) is 69.3 cm³/mol. The number of anilines is 1. The molecule has 3 aliphatic heterocycles. The number of aliphatic hydroxyl groups is 2. The van der Waals surface area contributed by atoms with Crippen LogP contribution in [0, 0.1) is 0 Å². The molecule has 0 saturated carbocycles. The maximum atomic E-state index is 12.4. The van der Waals surface area contributed by atoms with Crippen LogP contribution < -0.4 is 5.73 Å². The molecule has 0 aliphatic carbocycles. The van der Waals surface area contributed by atoms with Crippen molar-refractivity contribution in [3.05, 3.63) is 12.7 Å². The largest absolute Gasteiger partial charge is 0.482 e. The van der Waals surface area contributed by atoms with Crippen molar-refractivity contribution >= 4 is 24.8 Å². The molecule has 5 atom stereocenters. The molecule has 3 aliphatic rings. The summed E-state index contributed by atoms with van der Waals surface area (Å²) in [6.07, 6.45) is 0.222. The molecular weight excluding hydrogens is 333 g/mol. The average molecular weight is 343 g/mol. The van der Waals surface area contributed by atoms with E-state index in [2.05, 4.69) is 15.0 Å². The van der Waals surface area contributed by atoms with Gasteiger partial charge in [-0.15, -0.1) is 0 Å². The Morgan fingerprint density at radius 1 is 1.39 bits per heavy atom. The highest BCUT2D eigenvalue weighted by atomic mass is 31.2. The number of fused-ring (bicyclic) bond motifs is 2. The van der Waals surface area contributed by atoms with Crippen LogP contribution in [0.15, 0.2) is 12.7 Å². The van der Waals surface area contributed by atoms with Gasteiger partial charge in [-0.25, -0.2) is 28.6 Å². The first-order valence-electron chi connectivity index (χ1n) is 6.57. The van der Waals surface area contributed by atoms with Gasteiger partial charge in [-0.3, -0.25) is 9.09 Å². The first-order chi connectivity index (χ1) is 10.9. The summed E-state index contributed by atoms with van der Waals surface area (Å²) in [5.41, 5.74) is 6.14. The number of hydrogen-bond acceptors (Lipinski definition) is 11. The number of aromatic nitrogens is 4. The molecule has 13 heteroatoms. The lowest BCUT2D eigenvalue weighted by Gasteiger charge is -2.32. The first-order valence-corrected chi connectivity index (χ1v) is 8.03. The molecule has 0 amide bonds. The minimum atomic E-state index is -4.05. The second-order valence-corrected chi connectivity index (χ2v) is 6.79. The lowest BCUT2D eigenvalue weighted by molar-refractivity contribution is -0.328. The molecular formula is C10H10N5O7P. The fourth-order valence-corrected chi connectivity index (χ4v) is 4.92. The lowest BCUT2D eigenvalue weighted by Crippen LogP contribution is -2.55. The van der Waals surface area contributed by atoms with E-state index in [0.29, 0.717) is 0 Å². The summed E-state index contributed by atoms with van der Waals surface area (Å²) in [5.74, 6) is -4.19. The van der Waals surface area contributed by atoms with E-state index in [1.807, 2.05) is 0 Å². The predicted octanol–water partition coefficient (Wildman–Crippen LogP) is -1.35. The minimum absolute atomic E-state index is 0.109. The second kappa shape index (κ2) is 3.87. The highest BCUT2D eigenvalue weighted by molar-refractivity contribution is 7.49. The number of hydrogen-bond donors (Lipinski definition) is 3. The number of ether oxygens (including phenoxy) is 1. The van der Waals surface area contributed by atoms with E-state index in [9.17, 15) is 14.8 Å². The van der Waals surface area contributed by atoms with Gasteiger partial charge in [-0.2, -0.15) is 0 Å². The molecule has 3 saturated heterocycles. The summed E-state index contributed by atoms with van der Waals surface area (Å²) >= 11 is 0. The van der Waals surface area contributed by atoms with Crippen LogP contribution in [0.2, 0.25) is 0 Å². The van der Waals surface area contributed by atoms with E-state index in [4.69, 9.17) is 24.0 Å². The van der Waals surface area contributed by atoms with E-state index in [-0.39, 0.29) is 17.0 Å². The maximum Gasteiger partial charge on any atom is 0.482 e. The molecule has 4 N–H and O–H groups in total. The summed E-state index contributed by atoms with van der Waals surface area (Å²) in [4.78, 5) is 11.9. The highest BCUT2D eigenvalue weighted by Crippen LogP contribution is 2.77. The van der Waals surface area contributed by atoms with Crippen molar-refractivity contribution in [2.45, 2.75) is 23.9 Å². The molecule has 5 heterocycles. The van der Waals surface area contributed by atoms with Gasteiger partial charge in [-0.1, -0.05) is 0 Å². The Bertz CT molecular complexity index is 890. The van der Waals surface area contributed by atoms with Crippen molar-refractivity contribution < 1.29 is 33.1 Å². The smallest absolute Gasteiger partial charge is 0.394 e. The fourth-order valence-electron chi connectivity index (χ4n) is 3.12. The van der Waals surface area contributed by atoms with Crippen molar-refractivity contribution in [2.24, 2.45) is 0 Å². The molecule has 3 fully saturated rings. The molecule has 0 aromatic carbocycles. The number of nitrogens with two attached hydrogens (primary N) is 1. The minimum Gasteiger partial charge on any atom is -0.394 e. The van der Waals surface area contributed by atoms with Crippen LogP contribution in [0.1, 0.15) is 0 Å². The van der Waals surface area contributed by atoms with E-state index in [1.165, 1.54) is 17.2 Å². The Morgan fingerprint density at radius 3 is 2.96 bits per heavy atom. The number of imidazole rings is 1. The van der Waals surface area contributed by atoms with Crippen LogP contribution in [-0.2, 0) is 28.8 Å². The Labute approximate surface area is 127 Å². The molecule has 2 bridgehead atoms. The standard InChI is InChI=1S/C10H10N5O7P/c11-7-5-8(13-2-12-7)15(3-14-5)10-9(17)6(4(1-16)19-10)20-23(18,21-9)22-10/h2-4,6,16-17H,1H2,(H2,11,12,13)/t4-,6?,9+,10+,23?/m0/s1. The van der Waals surface area contributed by atoms with Crippen LogP contribution in [-0.4, -0.2) is 54.3 Å². The fraction of sp³-hybridized carbons (Fsp3) is 0.500. The number of rotatable bonds is 2. The van der Waals surface area contributed by atoms with Crippen molar-refractivity contribution in [2.75, 3.05) is 12.3 Å². The maximum absolute atomic E-state index is 12.4. The van der Waals surface area contributed by atoms with Crippen LogP contribution in [0.25, 0.3) is 11.2 Å². The lowest BCUT2D eigenvalue weighted by atomic mass is 10.1. The Morgan fingerprint density at radius 2 is 2.22 bits per heavy atom. The first kappa shape index (κ1) is 13.7. The molecule has 23 heavy (non-hydrogen) atoms. The molecule has 12 nitrogen and oxygen atoms in total. The summed E-state index contributed by atoms with van der Waals surface area (Å²) in [7, 11) is -4.05. The Kier molecular flexibility index (Phi) is 2.31. The third-order valence-electron chi connectivity index (χ3n) is 4.08. The van der Waals surface area contributed by atoms with E-state index >= 15 is 0 Å². The number of aliphatic hydroxyl groups excluding tert-OH is 1. The zero-order valence-corrected chi connectivity index (χ0v) is 12.2. The van der Waals surface area contributed by atoms with Gasteiger partial charge in [0.1, 0.15) is 24.3 Å². The third kappa shape index (κ3) is 1.38. The number of nitrogen functional groups attached to an aromatic ring is 1. The molecule has 5 rings (SSSR count). The van der Waals surface area contributed by atoms with Gasteiger partial charge in [0.15, 0.2) is 17.6 Å². The van der Waals surface area contributed by atoms with Gasteiger partial charge in [0.05, 0.1) is 6.61 Å². The van der Waals surface area contributed by atoms with E-state index in [0.717, 1.165) is 0 Å². The normalized spacial score (nSPS) is 44.4. The van der Waals surface area contributed by atoms with Crippen molar-refractivity contribution in [3.8, 4) is 0 Å².